The summed E-state index contributed by atoms with van der Waals surface area (Å²) < 4.78 is 1.23. The van der Waals surface area contributed by atoms with E-state index in [1.165, 1.54) is 28.8 Å². The molecule has 0 unspecified atom stereocenters. The number of nitrogens with zero attached hydrogens (tertiary/aromatic N) is 2. The number of hydrogen-bond acceptors (Lipinski definition) is 5. The van der Waals surface area contributed by atoms with Crippen LogP contribution in [-0.2, 0) is 0 Å². The van der Waals surface area contributed by atoms with Crippen molar-refractivity contribution >= 4 is 40.3 Å². The molecule has 0 aliphatic carbocycles. The van der Waals surface area contributed by atoms with Crippen LogP contribution in [0.3, 0.4) is 0 Å². The van der Waals surface area contributed by atoms with Gasteiger partial charge in [0.1, 0.15) is 0 Å². The summed E-state index contributed by atoms with van der Waals surface area (Å²) in [5, 5.41) is 13.9. The largest absolute Gasteiger partial charge is 0.465 e. The normalized spacial score (nSPS) is 11.8. The predicted molar refractivity (Wildman–Crippen MR) is 104 cm³/mol. The van der Waals surface area contributed by atoms with E-state index >= 15 is 0 Å². The Balaban J connectivity index is 1.69. The van der Waals surface area contributed by atoms with Gasteiger partial charge in [-0.15, -0.1) is 0 Å². The third kappa shape index (κ3) is 3.21. The number of fused-ring (bicyclic) bond motifs is 4. The highest BCUT2D eigenvalue weighted by molar-refractivity contribution is 6.31. The number of ketones is 1. The molecule has 146 valence electrons. The maximum atomic E-state index is 12.9. The van der Waals surface area contributed by atoms with E-state index < -0.39 is 23.3 Å². The number of halogens is 1. The number of carbonyl (C=O) groups excluding carboxylic acids is 2. The number of amides is 2. The van der Waals surface area contributed by atoms with Crippen molar-refractivity contribution in [3.8, 4) is 5.69 Å². The van der Waals surface area contributed by atoms with E-state index in [0.717, 1.165) is 0 Å². The molecule has 0 atom stereocenters. The summed E-state index contributed by atoms with van der Waals surface area (Å²) in [5.74, 6) is -0.981. The van der Waals surface area contributed by atoms with Gasteiger partial charge in [-0.25, -0.2) is 9.78 Å². The molecule has 0 spiro atoms. The molecule has 0 radical (unpaired) electrons. The topological polar surface area (TPSA) is 130 Å². The van der Waals surface area contributed by atoms with E-state index in [1.807, 2.05) is 0 Å². The van der Waals surface area contributed by atoms with Crippen LogP contribution < -0.4 is 16.2 Å². The highest BCUT2D eigenvalue weighted by Gasteiger charge is 2.31. The van der Waals surface area contributed by atoms with Gasteiger partial charge in [-0.05, 0) is 36.4 Å². The first kappa shape index (κ1) is 18.6. The second-order valence-corrected chi connectivity index (χ2v) is 6.72. The van der Waals surface area contributed by atoms with Crippen LogP contribution in [0.5, 0.6) is 0 Å². The number of hydrogen-bond donors (Lipinski definition) is 3. The molecule has 3 N–H and O–H groups in total. The Morgan fingerprint density at radius 2 is 1.83 bits per heavy atom. The Kier molecular flexibility index (Phi) is 4.51. The summed E-state index contributed by atoms with van der Waals surface area (Å²) >= 11 is 5.96. The monoisotopic (exact) mass is 412 g/mol. The number of benzene rings is 2. The Bertz CT molecular complexity index is 1270. The molecule has 1 aliphatic heterocycles. The minimum absolute atomic E-state index is 0.0389. The van der Waals surface area contributed by atoms with Gasteiger partial charge in [0.25, 0.3) is 11.5 Å². The van der Waals surface area contributed by atoms with Crippen LogP contribution in [0.15, 0.2) is 41.2 Å². The summed E-state index contributed by atoms with van der Waals surface area (Å²) in [7, 11) is 0. The van der Waals surface area contributed by atoms with Crippen LogP contribution in [0.25, 0.3) is 16.6 Å². The molecule has 2 heterocycles. The molecule has 2 amide bonds. The molecular formula is C19H13ClN4O5. The van der Waals surface area contributed by atoms with Gasteiger partial charge < -0.3 is 15.7 Å². The minimum Gasteiger partial charge on any atom is -0.465 e. The third-order valence-corrected chi connectivity index (χ3v) is 4.70. The highest BCUT2D eigenvalue weighted by Crippen LogP contribution is 2.27. The van der Waals surface area contributed by atoms with Crippen LogP contribution in [0.1, 0.15) is 26.5 Å². The van der Waals surface area contributed by atoms with Crippen LogP contribution in [0.4, 0.5) is 4.79 Å². The van der Waals surface area contributed by atoms with Crippen molar-refractivity contribution in [3.05, 3.63) is 68.7 Å². The molecule has 0 saturated carbocycles. The summed E-state index contributed by atoms with van der Waals surface area (Å²) in [6.07, 6.45) is -1.19. The maximum absolute atomic E-state index is 12.9. The van der Waals surface area contributed by atoms with Gasteiger partial charge >= 0.3 is 6.09 Å². The average molecular weight is 413 g/mol. The van der Waals surface area contributed by atoms with E-state index in [9.17, 15) is 19.2 Å². The maximum Gasteiger partial charge on any atom is 0.404 e. The Labute approximate surface area is 167 Å². The molecule has 0 saturated heterocycles. The molecule has 0 bridgehead atoms. The van der Waals surface area contributed by atoms with E-state index in [1.54, 1.807) is 12.1 Å². The van der Waals surface area contributed by atoms with Crippen LogP contribution in [-0.4, -0.2) is 45.5 Å². The first-order valence-electron chi connectivity index (χ1n) is 8.53. The number of rotatable bonds is 4. The van der Waals surface area contributed by atoms with E-state index in [0.29, 0.717) is 21.6 Å². The zero-order valence-corrected chi connectivity index (χ0v) is 15.5. The smallest absolute Gasteiger partial charge is 0.404 e. The van der Waals surface area contributed by atoms with E-state index in [-0.39, 0.29) is 30.0 Å². The molecule has 10 heteroatoms. The molecule has 2 aromatic carbocycles. The minimum atomic E-state index is -1.19. The standard InChI is InChI=1S/C19H13ClN4O5/c20-10-2-3-11-13(8-10)23-16-15(25)12-7-9(1-4-14(12)24(16)18(11)27)17(26)21-5-6-22-19(28)29/h1-4,7-8,22H,5-6H2,(H,21,26)(H,28,29). The quantitative estimate of drug-likeness (QED) is 0.436. The molecule has 3 aromatic rings. The number of nitrogens with one attached hydrogen (secondary N) is 2. The third-order valence-electron chi connectivity index (χ3n) is 4.47. The number of carbonyl (C=O) groups is 3. The highest BCUT2D eigenvalue weighted by atomic mass is 35.5. The van der Waals surface area contributed by atoms with E-state index in [2.05, 4.69) is 15.6 Å². The van der Waals surface area contributed by atoms with Gasteiger partial charge in [-0.1, -0.05) is 11.6 Å². The summed E-state index contributed by atoms with van der Waals surface area (Å²) in [6, 6.07) is 9.03. The first-order chi connectivity index (χ1) is 13.9. The fourth-order valence-electron chi connectivity index (χ4n) is 3.16. The van der Waals surface area contributed by atoms with Crippen molar-refractivity contribution in [3.63, 3.8) is 0 Å². The lowest BCUT2D eigenvalue weighted by atomic mass is 10.1. The van der Waals surface area contributed by atoms with Gasteiger partial charge in [-0.2, -0.15) is 0 Å². The number of aromatic nitrogens is 2. The second-order valence-electron chi connectivity index (χ2n) is 6.29. The fourth-order valence-corrected chi connectivity index (χ4v) is 3.32. The second kappa shape index (κ2) is 7.02. The van der Waals surface area contributed by atoms with Crippen LogP contribution in [0, 0.1) is 0 Å². The molecule has 4 rings (SSSR count). The lowest BCUT2D eigenvalue weighted by Crippen LogP contribution is -2.34. The Morgan fingerprint density at radius 3 is 2.59 bits per heavy atom. The molecule has 0 fully saturated rings. The summed E-state index contributed by atoms with van der Waals surface area (Å²) in [6.45, 7) is 0.133. The fraction of sp³-hybridized carbons (Fsp3) is 0.105. The SMILES string of the molecule is O=C(O)NCCNC(=O)c1ccc2c(c1)C(=O)c1nc3cc(Cl)ccc3c(=O)n1-2. The average Bonchev–Trinajstić information content (AvgIpc) is 2.96. The van der Waals surface area contributed by atoms with Crippen molar-refractivity contribution in [2.24, 2.45) is 0 Å². The predicted octanol–water partition coefficient (Wildman–Crippen LogP) is 1.58. The van der Waals surface area contributed by atoms with Gasteiger partial charge in [-0.3, -0.25) is 19.0 Å². The molecule has 1 aliphatic rings. The summed E-state index contributed by atoms with van der Waals surface area (Å²) in [4.78, 5) is 52.7. The van der Waals surface area contributed by atoms with Gasteiger partial charge in [0.05, 0.1) is 22.2 Å². The van der Waals surface area contributed by atoms with Crippen molar-refractivity contribution in [2.75, 3.05) is 13.1 Å². The lowest BCUT2D eigenvalue weighted by molar-refractivity contribution is 0.0953. The van der Waals surface area contributed by atoms with Crippen molar-refractivity contribution in [2.45, 2.75) is 0 Å². The number of carboxylic acid groups (broad SMARTS) is 1. The Morgan fingerprint density at radius 1 is 1.07 bits per heavy atom. The van der Waals surface area contributed by atoms with Crippen LogP contribution >= 0.6 is 11.6 Å². The molecule has 9 nitrogen and oxygen atoms in total. The van der Waals surface area contributed by atoms with Crippen molar-refractivity contribution in [1.29, 1.82) is 0 Å². The van der Waals surface area contributed by atoms with Gasteiger partial charge in [0.15, 0.2) is 5.82 Å². The first-order valence-corrected chi connectivity index (χ1v) is 8.91. The molecule has 1 aromatic heterocycles. The summed E-state index contributed by atoms with van der Waals surface area (Å²) in [5.41, 5.74) is 0.668. The van der Waals surface area contributed by atoms with Crippen LogP contribution in [0.2, 0.25) is 5.02 Å². The van der Waals surface area contributed by atoms with E-state index in [4.69, 9.17) is 16.7 Å². The zero-order chi connectivity index (χ0) is 20.7. The Hall–Kier alpha value is -3.72. The van der Waals surface area contributed by atoms with Gasteiger partial charge in [0, 0.05) is 23.7 Å². The van der Waals surface area contributed by atoms with Crippen molar-refractivity contribution in [1.82, 2.24) is 20.2 Å². The van der Waals surface area contributed by atoms with Gasteiger partial charge in [0.2, 0.25) is 5.78 Å². The molecular weight excluding hydrogens is 400 g/mol. The molecule has 29 heavy (non-hydrogen) atoms. The zero-order valence-electron chi connectivity index (χ0n) is 14.7. The lowest BCUT2D eigenvalue weighted by Gasteiger charge is -2.08. The van der Waals surface area contributed by atoms with Crippen molar-refractivity contribution < 1.29 is 19.5 Å².